The Morgan fingerprint density at radius 2 is 1.93 bits per heavy atom. The summed E-state index contributed by atoms with van der Waals surface area (Å²) in [5, 5.41) is 9.43. The van der Waals surface area contributed by atoms with Crippen molar-refractivity contribution in [2.24, 2.45) is 10.2 Å². The molecule has 1 amide bonds. The summed E-state index contributed by atoms with van der Waals surface area (Å²) in [5.74, 6) is -2.44. The highest BCUT2D eigenvalue weighted by Crippen LogP contribution is 2.37. The highest BCUT2D eigenvalue weighted by Gasteiger charge is 2.36. The SMILES string of the molecule is COC(=O)/C=C1/S/C(=N\N=Cc2ccc(C(F)(F)F)c(OCC(F)(F)F)c2)NC1=O. The van der Waals surface area contributed by atoms with Crippen molar-refractivity contribution in [3.05, 3.63) is 40.3 Å². The van der Waals surface area contributed by atoms with Crippen LogP contribution in [0.5, 0.6) is 5.75 Å². The van der Waals surface area contributed by atoms with Crippen molar-refractivity contribution in [2.45, 2.75) is 12.4 Å². The number of halogens is 6. The van der Waals surface area contributed by atoms with Gasteiger partial charge in [0.05, 0.1) is 23.8 Å². The normalized spacial score (nSPS) is 17.6. The van der Waals surface area contributed by atoms with Crippen LogP contribution in [0.15, 0.2) is 39.4 Å². The second kappa shape index (κ2) is 9.19. The van der Waals surface area contributed by atoms with E-state index in [2.05, 4.69) is 25.0 Å². The maximum absolute atomic E-state index is 12.9. The van der Waals surface area contributed by atoms with Gasteiger partial charge in [0.25, 0.3) is 5.91 Å². The van der Waals surface area contributed by atoms with E-state index in [4.69, 9.17) is 0 Å². The summed E-state index contributed by atoms with van der Waals surface area (Å²) in [4.78, 5) is 22.8. The largest absolute Gasteiger partial charge is 0.483 e. The van der Waals surface area contributed by atoms with Gasteiger partial charge in [0.2, 0.25) is 0 Å². The molecule has 0 saturated carbocycles. The van der Waals surface area contributed by atoms with Gasteiger partial charge in [-0.3, -0.25) is 10.1 Å². The number of carbonyl (C=O) groups excluding carboxylic acids is 2. The molecule has 1 saturated heterocycles. The number of carbonyl (C=O) groups is 2. The molecule has 0 aliphatic carbocycles. The zero-order valence-electron chi connectivity index (χ0n) is 14.8. The van der Waals surface area contributed by atoms with Gasteiger partial charge in [0.1, 0.15) is 5.75 Å². The molecule has 1 N–H and O–H groups in total. The molecule has 1 aromatic carbocycles. The molecular formula is C16H11F6N3O4S. The van der Waals surface area contributed by atoms with Crippen LogP contribution in [0.25, 0.3) is 0 Å². The van der Waals surface area contributed by atoms with Crippen LogP contribution in [-0.4, -0.2) is 43.2 Å². The number of nitrogens with one attached hydrogen (secondary N) is 1. The highest BCUT2D eigenvalue weighted by atomic mass is 32.2. The number of hydrogen-bond donors (Lipinski definition) is 1. The second-order valence-corrected chi connectivity index (χ2v) is 6.43. The van der Waals surface area contributed by atoms with Crippen molar-refractivity contribution in [3.8, 4) is 5.75 Å². The summed E-state index contributed by atoms with van der Waals surface area (Å²) in [7, 11) is 1.12. The number of benzene rings is 1. The molecule has 0 radical (unpaired) electrons. The number of amides is 1. The van der Waals surface area contributed by atoms with Gasteiger partial charge in [-0.05, 0) is 29.5 Å². The third-order valence-corrected chi connectivity index (χ3v) is 4.06. The fourth-order valence-electron chi connectivity index (χ4n) is 1.92. The minimum Gasteiger partial charge on any atom is -0.483 e. The first kappa shape index (κ1) is 23.3. The third-order valence-electron chi connectivity index (χ3n) is 3.16. The molecule has 0 atom stereocenters. The van der Waals surface area contributed by atoms with E-state index in [9.17, 15) is 35.9 Å². The molecular weight excluding hydrogens is 444 g/mol. The van der Waals surface area contributed by atoms with Gasteiger partial charge in [-0.1, -0.05) is 6.07 Å². The van der Waals surface area contributed by atoms with Gasteiger partial charge in [-0.15, -0.1) is 5.10 Å². The minimum absolute atomic E-state index is 0.0202. The zero-order valence-corrected chi connectivity index (χ0v) is 15.6. The molecule has 30 heavy (non-hydrogen) atoms. The summed E-state index contributed by atoms with van der Waals surface area (Å²) in [6.45, 7) is -1.91. The lowest BCUT2D eigenvalue weighted by atomic mass is 10.1. The van der Waals surface area contributed by atoms with Gasteiger partial charge in [0.15, 0.2) is 11.8 Å². The lowest BCUT2D eigenvalue weighted by Crippen LogP contribution is -2.21. The maximum atomic E-state index is 12.9. The molecule has 1 aromatic rings. The molecule has 7 nitrogen and oxygen atoms in total. The van der Waals surface area contributed by atoms with E-state index in [1.165, 1.54) is 0 Å². The quantitative estimate of drug-likeness (QED) is 0.242. The first-order valence-corrected chi connectivity index (χ1v) is 8.51. The summed E-state index contributed by atoms with van der Waals surface area (Å²) >= 11 is 0.755. The van der Waals surface area contributed by atoms with Crippen molar-refractivity contribution in [2.75, 3.05) is 13.7 Å². The van der Waals surface area contributed by atoms with Crippen molar-refractivity contribution >= 4 is 35.0 Å². The zero-order chi connectivity index (χ0) is 22.5. The molecule has 1 heterocycles. The van der Waals surface area contributed by atoms with Gasteiger partial charge in [-0.25, -0.2) is 4.79 Å². The molecule has 0 spiro atoms. The molecule has 1 fully saturated rings. The number of alkyl halides is 6. The Labute approximate surface area is 168 Å². The van der Waals surface area contributed by atoms with Crippen LogP contribution in [0.4, 0.5) is 26.3 Å². The van der Waals surface area contributed by atoms with Gasteiger partial charge in [-0.2, -0.15) is 31.4 Å². The Morgan fingerprint density at radius 3 is 2.53 bits per heavy atom. The van der Waals surface area contributed by atoms with Crippen LogP contribution in [0.2, 0.25) is 0 Å². The van der Waals surface area contributed by atoms with Crippen LogP contribution in [0.3, 0.4) is 0 Å². The van der Waals surface area contributed by atoms with E-state index in [0.717, 1.165) is 43.3 Å². The number of methoxy groups -OCH3 is 1. The van der Waals surface area contributed by atoms with E-state index < -0.39 is 42.1 Å². The Balaban J connectivity index is 2.19. The molecule has 0 unspecified atom stereocenters. The average Bonchev–Trinajstić information content (AvgIpc) is 2.97. The Bertz CT molecular complexity index is 925. The fourth-order valence-corrected chi connectivity index (χ4v) is 2.66. The van der Waals surface area contributed by atoms with Crippen molar-refractivity contribution < 1.29 is 45.4 Å². The van der Waals surface area contributed by atoms with Crippen LogP contribution in [0.1, 0.15) is 11.1 Å². The Hall–Kier alpha value is -3.03. The van der Waals surface area contributed by atoms with Gasteiger partial charge in [0, 0.05) is 6.08 Å². The molecule has 0 bridgehead atoms. The lowest BCUT2D eigenvalue weighted by Gasteiger charge is -2.15. The molecule has 1 aliphatic heterocycles. The second-order valence-electron chi connectivity index (χ2n) is 5.39. The van der Waals surface area contributed by atoms with Gasteiger partial charge >= 0.3 is 18.3 Å². The van der Waals surface area contributed by atoms with Crippen molar-refractivity contribution in [1.82, 2.24) is 5.32 Å². The molecule has 162 valence electrons. The number of hydrogen-bond acceptors (Lipinski definition) is 7. The third kappa shape index (κ3) is 6.79. The van der Waals surface area contributed by atoms with E-state index in [1.807, 2.05) is 0 Å². The number of thioether (sulfide) groups is 1. The van der Waals surface area contributed by atoms with Crippen LogP contribution >= 0.6 is 11.8 Å². The fraction of sp³-hybridized carbons (Fsp3) is 0.250. The molecule has 1 aliphatic rings. The first-order valence-electron chi connectivity index (χ1n) is 7.69. The molecule has 14 heteroatoms. The van der Waals surface area contributed by atoms with E-state index >= 15 is 0 Å². The average molecular weight is 455 g/mol. The number of amidine groups is 1. The standard InChI is InChI=1S/C16H11F6N3O4S/c1-28-12(26)5-11-13(27)24-14(30-11)25-23-6-8-2-3-9(16(20,21)22)10(4-8)29-7-15(17,18)19/h2-6H,7H2,1H3,(H,24,25,27)/b11-5+,23-6?. The van der Waals surface area contributed by atoms with Crippen molar-refractivity contribution in [3.63, 3.8) is 0 Å². The number of nitrogens with zero attached hydrogens (tertiary/aromatic N) is 2. The van der Waals surface area contributed by atoms with E-state index in [1.54, 1.807) is 0 Å². The predicted octanol–water partition coefficient (Wildman–Crippen LogP) is 3.26. The Morgan fingerprint density at radius 1 is 1.23 bits per heavy atom. The highest BCUT2D eigenvalue weighted by molar-refractivity contribution is 8.18. The summed E-state index contributed by atoms with van der Waals surface area (Å²) in [5.41, 5.74) is -1.42. The number of rotatable bonds is 5. The Kier molecular flexibility index (Phi) is 7.12. The van der Waals surface area contributed by atoms with Crippen LogP contribution in [0, 0.1) is 0 Å². The predicted molar refractivity (Wildman–Crippen MR) is 93.9 cm³/mol. The van der Waals surface area contributed by atoms with Crippen molar-refractivity contribution in [1.29, 1.82) is 0 Å². The van der Waals surface area contributed by atoms with Crippen LogP contribution in [-0.2, 0) is 20.5 Å². The topological polar surface area (TPSA) is 89.3 Å². The minimum atomic E-state index is -4.93. The first-order chi connectivity index (χ1) is 13.9. The molecule has 0 aromatic heterocycles. The maximum Gasteiger partial charge on any atom is 0.422 e. The number of ether oxygens (including phenoxy) is 2. The smallest absolute Gasteiger partial charge is 0.422 e. The lowest BCUT2D eigenvalue weighted by molar-refractivity contribution is -0.158. The summed E-state index contributed by atoms with van der Waals surface area (Å²) in [6.07, 6.45) is -7.88. The van der Waals surface area contributed by atoms with Gasteiger partial charge < -0.3 is 9.47 Å². The number of esters is 1. The summed E-state index contributed by atoms with van der Waals surface area (Å²) in [6, 6.07) is 2.22. The monoisotopic (exact) mass is 455 g/mol. The molecule has 2 rings (SSSR count). The van der Waals surface area contributed by atoms with E-state index in [0.29, 0.717) is 6.07 Å². The van der Waals surface area contributed by atoms with E-state index in [-0.39, 0.29) is 15.6 Å². The van der Waals surface area contributed by atoms with Crippen LogP contribution < -0.4 is 10.1 Å². The summed E-state index contributed by atoms with van der Waals surface area (Å²) < 4.78 is 84.4.